The molecule has 0 bridgehead atoms. The van der Waals surface area contributed by atoms with Gasteiger partial charge in [0.25, 0.3) is 0 Å². The fourth-order valence-corrected chi connectivity index (χ4v) is 8.19. The molecule has 4 rings (SSSR count). The smallest absolute Gasteiger partial charge is 0.341 e. The van der Waals surface area contributed by atoms with Crippen LogP contribution in [0.15, 0.2) is 23.1 Å². The van der Waals surface area contributed by atoms with Crippen molar-refractivity contribution in [1.29, 1.82) is 0 Å². The van der Waals surface area contributed by atoms with Crippen LogP contribution in [0.2, 0.25) is 10.0 Å². The average molecular weight is 563 g/mol. The number of benzene rings is 1. The average Bonchev–Trinajstić information content (AvgIpc) is 3.16. The highest BCUT2D eigenvalue weighted by molar-refractivity contribution is 7.89. The minimum absolute atomic E-state index is 0.00284. The van der Waals surface area contributed by atoms with Crippen LogP contribution in [-0.4, -0.2) is 62.0 Å². The molecular formula is C22H25Cl2N3O4S3. The SMILES string of the molecule is COC(=O)c1c(NC(=S)N2CCN(S(=O)(=O)c3cc(Cl)ccc3Cl)CC2)sc2c1CC[C@H](C)C2. The first-order valence-electron chi connectivity index (χ1n) is 10.9. The van der Waals surface area contributed by atoms with Crippen LogP contribution in [0, 0.1) is 5.92 Å². The van der Waals surface area contributed by atoms with E-state index in [1.165, 1.54) is 28.4 Å². The van der Waals surface area contributed by atoms with Crippen molar-refractivity contribution >= 4 is 72.9 Å². The van der Waals surface area contributed by atoms with Crippen LogP contribution in [-0.2, 0) is 27.6 Å². The van der Waals surface area contributed by atoms with Gasteiger partial charge in [-0.3, -0.25) is 0 Å². The molecule has 0 spiro atoms. The van der Waals surface area contributed by atoms with E-state index in [0.29, 0.717) is 39.7 Å². The fourth-order valence-electron chi connectivity index (χ4n) is 4.28. The molecule has 34 heavy (non-hydrogen) atoms. The van der Waals surface area contributed by atoms with E-state index < -0.39 is 10.0 Å². The summed E-state index contributed by atoms with van der Waals surface area (Å²) in [6.45, 7) is 3.50. The molecule has 1 fully saturated rings. The van der Waals surface area contributed by atoms with Gasteiger partial charge in [-0.25, -0.2) is 13.2 Å². The van der Waals surface area contributed by atoms with Crippen LogP contribution in [0.3, 0.4) is 0 Å². The number of halogens is 2. The van der Waals surface area contributed by atoms with E-state index in [-0.39, 0.29) is 29.0 Å². The second-order valence-corrected chi connectivity index (χ2v) is 12.7. The van der Waals surface area contributed by atoms with Crippen molar-refractivity contribution in [2.24, 2.45) is 5.92 Å². The summed E-state index contributed by atoms with van der Waals surface area (Å²) < 4.78 is 32.6. The zero-order chi connectivity index (χ0) is 24.6. The van der Waals surface area contributed by atoms with Crippen molar-refractivity contribution in [2.75, 3.05) is 38.6 Å². The highest BCUT2D eigenvalue weighted by atomic mass is 35.5. The molecule has 184 valence electrons. The lowest BCUT2D eigenvalue weighted by molar-refractivity contribution is 0.0600. The Hall–Kier alpha value is -1.43. The molecule has 0 amide bonds. The van der Waals surface area contributed by atoms with Gasteiger partial charge >= 0.3 is 5.97 Å². The molecule has 0 saturated carbocycles. The van der Waals surface area contributed by atoms with Gasteiger partial charge < -0.3 is 15.0 Å². The van der Waals surface area contributed by atoms with E-state index in [9.17, 15) is 13.2 Å². The van der Waals surface area contributed by atoms with Gasteiger partial charge in [-0.05, 0) is 61.2 Å². The molecule has 1 saturated heterocycles. The molecule has 1 aliphatic carbocycles. The Labute approximate surface area is 219 Å². The zero-order valence-electron chi connectivity index (χ0n) is 18.8. The molecule has 12 heteroatoms. The lowest BCUT2D eigenvalue weighted by Gasteiger charge is -2.35. The number of carbonyl (C=O) groups is 1. The second-order valence-electron chi connectivity index (χ2n) is 8.44. The number of sulfonamides is 1. The van der Waals surface area contributed by atoms with Crippen molar-refractivity contribution in [3.05, 3.63) is 44.2 Å². The number of esters is 1. The molecule has 1 atom stereocenters. The van der Waals surface area contributed by atoms with Crippen LogP contribution in [0.5, 0.6) is 0 Å². The van der Waals surface area contributed by atoms with Crippen molar-refractivity contribution < 1.29 is 17.9 Å². The topological polar surface area (TPSA) is 79.0 Å². The molecule has 1 aromatic carbocycles. The van der Waals surface area contributed by atoms with Gasteiger partial charge in [0.05, 0.1) is 17.7 Å². The summed E-state index contributed by atoms with van der Waals surface area (Å²) in [6.07, 6.45) is 2.81. The molecule has 1 N–H and O–H groups in total. The number of rotatable bonds is 4. The molecule has 2 aliphatic rings. The Bertz CT molecular complexity index is 1220. The number of carbonyl (C=O) groups excluding carboxylic acids is 1. The monoisotopic (exact) mass is 561 g/mol. The Morgan fingerprint density at radius 1 is 1.24 bits per heavy atom. The van der Waals surface area contributed by atoms with Crippen molar-refractivity contribution in [3.8, 4) is 0 Å². The number of ether oxygens (including phenoxy) is 1. The summed E-state index contributed by atoms with van der Waals surface area (Å²) in [5.74, 6) is 0.200. The number of hydrogen-bond donors (Lipinski definition) is 1. The number of methoxy groups -OCH3 is 1. The molecule has 2 aromatic rings. The first-order valence-corrected chi connectivity index (χ1v) is 14.3. The van der Waals surface area contributed by atoms with Crippen LogP contribution >= 0.6 is 46.8 Å². The number of piperazine rings is 1. The molecule has 1 aliphatic heterocycles. The minimum atomic E-state index is -3.78. The molecular weight excluding hydrogens is 537 g/mol. The van der Waals surface area contributed by atoms with Gasteiger partial charge in [0.2, 0.25) is 10.0 Å². The first kappa shape index (κ1) is 25.7. The summed E-state index contributed by atoms with van der Waals surface area (Å²) in [5.41, 5.74) is 1.61. The van der Waals surface area contributed by atoms with Gasteiger partial charge in [-0.15, -0.1) is 11.3 Å². The standard InChI is InChI=1S/C22H25Cl2N3O4S3/c1-13-3-5-15-17(11-13)33-20(19(15)21(28)31-2)25-22(32)26-7-9-27(10-8-26)34(29,30)18-12-14(23)4-6-16(18)24/h4,6,12-13H,3,5,7-11H2,1-2H3,(H,25,32)/t13-/m0/s1. The lowest BCUT2D eigenvalue weighted by Crippen LogP contribution is -2.51. The highest BCUT2D eigenvalue weighted by Crippen LogP contribution is 2.40. The first-order chi connectivity index (χ1) is 16.1. The van der Waals surface area contributed by atoms with Crippen LogP contribution < -0.4 is 5.32 Å². The number of hydrogen-bond acceptors (Lipinski definition) is 6. The maximum Gasteiger partial charge on any atom is 0.341 e. The molecule has 1 aromatic heterocycles. The number of fused-ring (bicyclic) bond motifs is 1. The third-order valence-electron chi connectivity index (χ3n) is 6.16. The predicted octanol–water partition coefficient (Wildman–Crippen LogP) is 4.67. The Kier molecular flexibility index (Phi) is 7.76. The predicted molar refractivity (Wildman–Crippen MR) is 140 cm³/mol. The molecule has 2 heterocycles. The zero-order valence-corrected chi connectivity index (χ0v) is 22.7. The molecule has 7 nitrogen and oxygen atoms in total. The summed E-state index contributed by atoms with van der Waals surface area (Å²) in [6, 6.07) is 4.40. The van der Waals surface area contributed by atoms with Gasteiger partial charge in [-0.2, -0.15) is 4.31 Å². The number of nitrogens with one attached hydrogen (secondary N) is 1. The van der Waals surface area contributed by atoms with E-state index in [0.717, 1.165) is 24.8 Å². The summed E-state index contributed by atoms with van der Waals surface area (Å²) in [7, 11) is -2.40. The second kappa shape index (κ2) is 10.3. The van der Waals surface area contributed by atoms with E-state index >= 15 is 0 Å². The molecule has 0 radical (unpaired) electrons. The minimum Gasteiger partial charge on any atom is -0.465 e. The number of thiophene rings is 1. The molecule has 0 unspecified atom stereocenters. The summed E-state index contributed by atoms with van der Waals surface area (Å²) in [4.78, 5) is 15.6. The van der Waals surface area contributed by atoms with Crippen molar-refractivity contribution in [2.45, 2.75) is 31.1 Å². The summed E-state index contributed by atoms with van der Waals surface area (Å²) in [5, 5.41) is 4.82. The highest BCUT2D eigenvalue weighted by Gasteiger charge is 2.32. The van der Waals surface area contributed by atoms with E-state index in [1.807, 2.05) is 4.90 Å². The van der Waals surface area contributed by atoms with Crippen molar-refractivity contribution in [3.63, 3.8) is 0 Å². The van der Waals surface area contributed by atoms with Gasteiger partial charge in [0, 0.05) is 36.1 Å². The van der Waals surface area contributed by atoms with Crippen LogP contribution in [0.1, 0.15) is 34.1 Å². The van der Waals surface area contributed by atoms with Gasteiger partial charge in [-0.1, -0.05) is 30.1 Å². The van der Waals surface area contributed by atoms with Crippen LogP contribution in [0.4, 0.5) is 5.00 Å². The number of nitrogens with zero attached hydrogens (tertiary/aromatic N) is 2. The van der Waals surface area contributed by atoms with E-state index in [1.54, 1.807) is 17.4 Å². The largest absolute Gasteiger partial charge is 0.465 e. The number of thiocarbonyl (C=S) groups is 1. The summed E-state index contributed by atoms with van der Waals surface area (Å²) >= 11 is 19.3. The fraction of sp³-hybridized carbons (Fsp3) is 0.455. The Morgan fingerprint density at radius 3 is 2.62 bits per heavy atom. The van der Waals surface area contributed by atoms with Crippen molar-refractivity contribution in [1.82, 2.24) is 9.21 Å². The lowest BCUT2D eigenvalue weighted by atomic mass is 9.88. The van der Waals surface area contributed by atoms with Gasteiger partial charge in [0.1, 0.15) is 9.90 Å². The third kappa shape index (κ3) is 5.08. The van der Waals surface area contributed by atoms with Crippen LogP contribution in [0.25, 0.3) is 0 Å². The Morgan fingerprint density at radius 2 is 1.94 bits per heavy atom. The third-order valence-corrected chi connectivity index (χ3v) is 10.3. The quantitative estimate of drug-likeness (QED) is 0.429. The van der Waals surface area contributed by atoms with Gasteiger partial charge in [0.15, 0.2) is 5.11 Å². The number of anilines is 1. The normalized spacial score (nSPS) is 18.9. The van der Waals surface area contributed by atoms with E-state index in [2.05, 4.69) is 12.2 Å². The van der Waals surface area contributed by atoms with E-state index in [4.69, 9.17) is 40.2 Å². The maximum absolute atomic E-state index is 13.1. The Balaban J connectivity index is 1.47. The maximum atomic E-state index is 13.1.